The highest BCUT2D eigenvalue weighted by Gasteiger charge is 2.22. The quantitative estimate of drug-likeness (QED) is 0.672. The molecule has 4 rings (SSSR count). The molecule has 150 valence electrons. The number of anilines is 1. The molecule has 1 aliphatic heterocycles. The molecule has 0 bridgehead atoms. The molecule has 0 radical (unpaired) electrons. The third kappa shape index (κ3) is 3.88. The molecule has 0 spiro atoms. The summed E-state index contributed by atoms with van der Waals surface area (Å²) >= 11 is 0. The summed E-state index contributed by atoms with van der Waals surface area (Å²) in [5.41, 5.74) is 11.2. The zero-order chi connectivity index (χ0) is 20.4. The maximum atomic E-state index is 6.24. The van der Waals surface area contributed by atoms with Crippen LogP contribution in [0.25, 0.3) is 22.4 Å². The van der Waals surface area contributed by atoms with Crippen LogP contribution in [0.5, 0.6) is 0 Å². The first-order chi connectivity index (χ1) is 14.1. The number of nitrogens with two attached hydrogens (primary N) is 1. The van der Waals surface area contributed by atoms with Crippen LogP contribution in [-0.2, 0) is 6.54 Å². The summed E-state index contributed by atoms with van der Waals surface area (Å²) in [6.45, 7) is 5.97. The van der Waals surface area contributed by atoms with Crippen molar-refractivity contribution in [1.29, 1.82) is 0 Å². The van der Waals surface area contributed by atoms with E-state index in [4.69, 9.17) is 15.7 Å². The van der Waals surface area contributed by atoms with Crippen LogP contribution in [0.15, 0.2) is 53.3 Å². The molecular formula is C23H28N6. The molecule has 0 aliphatic carbocycles. The number of benzene rings is 1. The van der Waals surface area contributed by atoms with Gasteiger partial charge in [0.05, 0.1) is 17.6 Å². The molecule has 29 heavy (non-hydrogen) atoms. The molecule has 0 saturated carbocycles. The van der Waals surface area contributed by atoms with Crippen molar-refractivity contribution >= 4 is 23.1 Å². The molecule has 6 nitrogen and oxygen atoms in total. The fraction of sp³-hybridized carbons (Fsp3) is 0.348. The number of aromatic nitrogens is 3. The molecular weight excluding hydrogens is 360 g/mol. The number of hydrogen-bond donors (Lipinski definition) is 1. The summed E-state index contributed by atoms with van der Waals surface area (Å²) in [5.74, 6) is 1.92. The Morgan fingerprint density at radius 1 is 1.31 bits per heavy atom. The standard InChI is InChI=1S/C23H28N6/c1-16-6-8-21-20(13-16)27-23(29(21)15-19(24)10-11-25-3)18-7-9-22(26-14-18)28-12-4-5-17(28)2/h6-11,13-14,17H,4-5,12,15,24H2,1-3H3. The van der Waals surface area contributed by atoms with Gasteiger partial charge in [-0.25, -0.2) is 9.97 Å². The number of aliphatic imine (C=N–C) groups is 1. The Morgan fingerprint density at radius 2 is 2.17 bits per heavy atom. The highest BCUT2D eigenvalue weighted by Crippen LogP contribution is 2.28. The average Bonchev–Trinajstić information content (AvgIpc) is 3.30. The molecule has 3 aromatic rings. The summed E-state index contributed by atoms with van der Waals surface area (Å²) in [7, 11) is 1.74. The van der Waals surface area contributed by atoms with Crippen LogP contribution < -0.4 is 10.6 Å². The van der Waals surface area contributed by atoms with E-state index in [-0.39, 0.29) is 0 Å². The Labute approximate surface area is 171 Å². The van der Waals surface area contributed by atoms with Crippen molar-refractivity contribution in [2.45, 2.75) is 39.3 Å². The predicted molar refractivity (Wildman–Crippen MR) is 120 cm³/mol. The predicted octanol–water partition coefficient (Wildman–Crippen LogP) is 3.94. The molecule has 1 saturated heterocycles. The second kappa shape index (κ2) is 8.07. The molecule has 3 heterocycles. The van der Waals surface area contributed by atoms with Gasteiger partial charge in [-0.05, 0) is 62.6 Å². The number of hydrogen-bond acceptors (Lipinski definition) is 5. The van der Waals surface area contributed by atoms with Crippen LogP contribution in [0.2, 0.25) is 0 Å². The molecule has 2 N–H and O–H groups in total. The summed E-state index contributed by atoms with van der Waals surface area (Å²) in [5, 5.41) is 0. The normalized spacial score (nSPS) is 17.7. The molecule has 6 heteroatoms. The monoisotopic (exact) mass is 388 g/mol. The summed E-state index contributed by atoms with van der Waals surface area (Å²) in [6.07, 6.45) is 7.93. The molecule has 2 aromatic heterocycles. The number of pyridine rings is 1. The lowest BCUT2D eigenvalue weighted by Gasteiger charge is -2.22. The number of allylic oxidation sites excluding steroid dienone is 2. The Balaban J connectivity index is 1.75. The van der Waals surface area contributed by atoms with Gasteiger partial charge in [-0.3, -0.25) is 4.99 Å². The molecule has 1 fully saturated rings. The van der Waals surface area contributed by atoms with Gasteiger partial charge in [0, 0.05) is 43.3 Å². The lowest BCUT2D eigenvalue weighted by Crippen LogP contribution is -2.26. The largest absolute Gasteiger partial charge is 0.401 e. The highest BCUT2D eigenvalue weighted by molar-refractivity contribution is 5.81. The van der Waals surface area contributed by atoms with Gasteiger partial charge in [0.15, 0.2) is 0 Å². The van der Waals surface area contributed by atoms with Crippen LogP contribution in [0.1, 0.15) is 25.3 Å². The maximum Gasteiger partial charge on any atom is 0.143 e. The van der Waals surface area contributed by atoms with Gasteiger partial charge in [-0.1, -0.05) is 6.07 Å². The van der Waals surface area contributed by atoms with E-state index in [0.717, 1.165) is 40.5 Å². The smallest absolute Gasteiger partial charge is 0.143 e. The number of aryl methyl sites for hydroxylation is 1. The molecule has 1 unspecified atom stereocenters. The summed E-state index contributed by atoms with van der Waals surface area (Å²) in [6, 6.07) is 11.1. The van der Waals surface area contributed by atoms with Crippen LogP contribution in [0.4, 0.5) is 5.82 Å². The van der Waals surface area contributed by atoms with Crippen LogP contribution in [-0.4, -0.2) is 40.4 Å². The highest BCUT2D eigenvalue weighted by atomic mass is 15.2. The van der Waals surface area contributed by atoms with Gasteiger partial charge in [-0.2, -0.15) is 0 Å². The molecule has 1 aliphatic rings. The zero-order valence-electron chi connectivity index (χ0n) is 17.3. The van der Waals surface area contributed by atoms with Gasteiger partial charge < -0.3 is 15.2 Å². The lowest BCUT2D eigenvalue weighted by atomic mass is 10.2. The van der Waals surface area contributed by atoms with Crippen molar-refractivity contribution in [2.75, 3.05) is 18.5 Å². The Morgan fingerprint density at radius 3 is 2.86 bits per heavy atom. The molecule has 1 aromatic carbocycles. The number of rotatable bonds is 5. The van der Waals surface area contributed by atoms with Gasteiger partial charge in [0.2, 0.25) is 0 Å². The topological polar surface area (TPSA) is 72.3 Å². The zero-order valence-corrected chi connectivity index (χ0v) is 17.3. The fourth-order valence-electron chi connectivity index (χ4n) is 3.99. The number of fused-ring (bicyclic) bond motifs is 1. The van der Waals surface area contributed by atoms with E-state index in [0.29, 0.717) is 12.6 Å². The Kier molecular flexibility index (Phi) is 5.34. The van der Waals surface area contributed by atoms with Crippen molar-refractivity contribution in [1.82, 2.24) is 14.5 Å². The van der Waals surface area contributed by atoms with Crippen molar-refractivity contribution in [3.05, 3.63) is 53.9 Å². The van der Waals surface area contributed by atoms with Crippen LogP contribution in [0, 0.1) is 6.92 Å². The SMILES string of the molecule is CN=CC=C(N)Cn1c(-c2ccc(N3CCCC3C)nc2)nc2cc(C)ccc21. The van der Waals surface area contributed by atoms with Gasteiger partial charge in [-0.15, -0.1) is 0 Å². The Bertz CT molecular complexity index is 1060. The summed E-state index contributed by atoms with van der Waals surface area (Å²) < 4.78 is 2.15. The van der Waals surface area contributed by atoms with Gasteiger partial charge in [0.1, 0.15) is 11.6 Å². The number of nitrogens with zero attached hydrogens (tertiary/aromatic N) is 5. The first-order valence-corrected chi connectivity index (χ1v) is 10.1. The van der Waals surface area contributed by atoms with Crippen molar-refractivity contribution in [2.24, 2.45) is 10.7 Å². The van der Waals surface area contributed by atoms with Crippen molar-refractivity contribution in [3.63, 3.8) is 0 Å². The lowest BCUT2D eigenvalue weighted by molar-refractivity contribution is 0.727. The second-order valence-electron chi connectivity index (χ2n) is 7.75. The first kappa shape index (κ1) is 19.2. The van der Waals surface area contributed by atoms with Crippen molar-refractivity contribution < 1.29 is 0 Å². The van der Waals surface area contributed by atoms with Crippen molar-refractivity contribution in [3.8, 4) is 11.4 Å². The third-order valence-corrected chi connectivity index (χ3v) is 5.54. The van der Waals surface area contributed by atoms with E-state index in [9.17, 15) is 0 Å². The average molecular weight is 389 g/mol. The Hall–Kier alpha value is -3.15. The fourth-order valence-corrected chi connectivity index (χ4v) is 3.99. The van der Waals surface area contributed by atoms with E-state index in [2.05, 4.69) is 58.6 Å². The van der Waals surface area contributed by atoms with Crippen LogP contribution in [0.3, 0.4) is 0 Å². The van der Waals surface area contributed by atoms with E-state index in [1.165, 1.54) is 18.4 Å². The van der Waals surface area contributed by atoms with Gasteiger partial charge >= 0.3 is 0 Å². The minimum atomic E-state index is 0.547. The maximum absolute atomic E-state index is 6.24. The minimum absolute atomic E-state index is 0.547. The van der Waals surface area contributed by atoms with E-state index < -0.39 is 0 Å². The van der Waals surface area contributed by atoms with E-state index >= 15 is 0 Å². The summed E-state index contributed by atoms with van der Waals surface area (Å²) in [4.78, 5) is 16.0. The third-order valence-electron chi connectivity index (χ3n) is 5.54. The number of imidazole rings is 1. The first-order valence-electron chi connectivity index (χ1n) is 10.1. The molecule has 0 amide bonds. The minimum Gasteiger partial charge on any atom is -0.401 e. The van der Waals surface area contributed by atoms with Crippen LogP contribution >= 0.6 is 0 Å². The van der Waals surface area contributed by atoms with E-state index in [1.54, 1.807) is 13.3 Å². The van der Waals surface area contributed by atoms with E-state index in [1.807, 2.05) is 12.3 Å². The van der Waals surface area contributed by atoms with Gasteiger partial charge in [0.25, 0.3) is 0 Å². The molecule has 1 atom stereocenters. The second-order valence-corrected chi connectivity index (χ2v) is 7.75.